The lowest BCUT2D eigenvalue weighted by atomic mass is 10.2. The molecule has 1 aliphatic rings. The predicted octanol–water partition coefficient (Wildman–Crippen LogP) is 1.18. The zero-order chi connectivity index (χ0) is 12.8. The second-order valence-electron chi connectivity index (χ2n) is 4.14. The van der Waals surface area contributed by atoms with Crippen molar-refractivity contribution in [2.75, 3.05) is 43.0 Å². The lowest BCUT2D eigenvalue weighted by Gasteiger charge is -2.26. The van der Waals surface area contributed by atoms with Gasteiger partial charge in [0.25, 0.3) is 0 Å². The van der Waals surface area contributed by atoms with Gasteiger partial charge in [-0.2, -0.15) is 11.8 Å². The minimum Gasteiger partial charge on any atom is -0.389 e. The van der Waals surface area contributed by atoms with E-state index in [4.69, 9.17) is 18.0 Å². The number of pyridine rings is 1. The van der Waals surface area contributed by atoms with E-state index in [1.54, 1.807) is 6.20 Å². The van der Waals surface area contributed by atoms with E-state index >= 15 is 0 Å². The molecule has 2 rings (SSSR count). The van der Waals surface area contributed by atoms with Crippen molar-refractivity contribution >= 4 is 34.8 Å². The molecule has 98 valence electrons. The molecule has 1 saturated heterocycles. The Labute approximate surface area is 117 Å². The van der Waals surface area contributed by atoms with Gasteiger partial charge in [0.2, 0.25) is 0 Å². The molecule has 1 aromatic heterocycles. The Kier molecular flexibility index (Phi) is 5.22. The maximum atomic E-state index is 5.67. The molecular weight excluding hydrogens is 264 g/mol. The Bertz CT molecular complexity index is 405. The van der Waals surface area contributed by atoms with Crippen LogP contribution in [0.4, 0.5) is 5.82 Å². The number of hydrogen-bond acceptors (Lipinski definition) is 5. The van der Waals surface area contributed by atoms with Crippen LogP contribution in [0.15, 0.2) is 18.3 Å². The van der Waals surface area contributed by atoms with Crippen LogP contribution >= 0.6 is 24.0 Å². The van der Waals surface area contributed by atoms with Gasteiger partial charge in [-0.25, -0.2) is 4.98 Å². The monoisotopic (exact) mass is 282 g/mol. The van der Waals surface area contributed by atoms with Gasteiger partial charge in [-0.3, -0.25) is 4.90 Å². The number of nitrogens with one attached hydrogen (secondary N) is 1. The number of rotatable bonds is 5. The second kappa shape index (κ2) is 6.92. The standard InChI is InChI=1S/C12H18N4S2/c13-11(17)10-2-1-3-14-12(10)15-4-5-16-6-8-18-9-7-16/h1-3H,4-9H2,(H2,13,17)(H,14,15). The zero-order valence-corrected chi connectivity index (χ0v) is 11.9. The van der Waals surface area contributed by atoms with Crippen LogP contribution in [-0.2, 0) is 0 Å². The van der Waals surface area contributed by atoms with Crippen molar-refractivity contribution < 1.29 is 0 Å². The molecule has 3 N–H and O–H groups in total. The molecule has 1 fully saturated rings. The van der Waals surface area contributed by atoms with Crippen LogP contribution in [0.2, 0.25) is 0 Å². The fourth-order valence-electron chi connectivity index (χ4n) is 1.90. The van der Waals surface area contributed by atoms with E-state index in [1.165, 1.54) is 24.6 Å². The van der Waals surface area contributed by atoms with Crippen molar-refractivity contribution in [1.82, 2.24) is 9.88 Å². The van der Waals surface area contributed by atoms with E-state index in [1.807, 2.05) is 23.9 Å². The largest absolute Gasteiger partial charge is 0.389 e. The third-order valence-electron chi connectivity index (χ3n) is 2.90. The minimum atomic E-state index is 0.389. The summed E-state index contributed by atoms with van der Waals surface area (Å²) in [5, 5.41) is 3.31. The van der Waals surface area contributed by atoms with Gasteiger partial charge in [-0.15, -0.1) is 0 Å². The van der Waals surface area contributed by atoms with Gasteiger partial charge in [-0.05, 0) is 12.1 Å². The van der Waals surface area contributed by atoms with Crippen LogP contribution < -0.4 is 11.1 Å². The molecule has 0 saturated carbocycles. The number of anilines is 1. The van der Waals surface area contributed by atoms with E-state index in [0.29, 0.717) is 4.99 Å². The third-order valence-corrected chi connectivity index (χ3v) is 4.06. The second-order valence-corrected chi connectivity index (χ2v) is 5.81. The zero-order valence-electron chi connectivity index (χ0n) is 10.3. The number of thiocarbonyl (C=S) groups is 1. The first kappa shape index (κ1) is 13.6. The Morgan fingerprint density at radius 3 is 3.00 bits per heavy atom. The molecule has 0 radical (unpaired) electrons. The summed E-state index contributed by atoms with van der Waals surface area (Å²) in [6.45, 7) is 4.26. The molecule has 6 heteroatoms. The van der Waals surface area contributed by atoms with Crippen molar-refractivity contribution in [3.63, 3.8) is 0 Å². The van der Waals surface area contributed by atoms with Crippen molar-refractivity contribution in [2.24, 2.45) is 5.73 Å². The highest BCUT2D eigenvalue weighted by atomic mass is 32.2. The summed E-state index contributed by atoms with van der Waals surface area (Å²) < 4.78 is 0. The highest BCUT2D eigenvalue weighted by Gasteiger charge is 2.10. The van der Waals surface area contributed by atoms with E-state index in [2.05, 4.69) is 15.2 Å². The van der Waals surface area contributed by atoms with E-state index in [0.717, 1.165) is 24.5 Å². The first-order chi connectivity index (χ1) is 8.77. The average molecular weight is 282 g/mol. The first-order valence-electron chi connectivity index (χ1n) is 6.06. The SMILES string of the molecule is NC(=S)c1cccnc1NCCN1CCSCC1. The Balaban J connectivity index is 1.84. The van der Waals surface area contributed by atoms with Gasteiger partial charge in [0.15, 0.2) is 0 Å². The van der Waals surface area contributed by atoms with E-state index in [-0.39, 0.29) is 0 Å². The molecule has 0 spiro atoms. The van der Waals surface area contributed by atoms with Crippen molar-refractivity contribution in [3.8, 4) is 0 Å². The number of thioether (sulfide) groups is 1. The lowest BCUT2D eigenvalue weighted by Crippen LogP contribution is -2.36. The molecule has 0 amide bonds. The van der Waals surface area contributed by atoms with Crippen LogP contribution in [0.3, 0.4) is 0 Å². The van der Waals surface area contributed by atoms with Gasteiger partial charge in [0.1, 0.15) is 10.8 Å². The van der Waals surface area contributed by atoms with Crippen LogP contribution in [0.1, 0.15) is 5.56 Å². The van der Waals surface area contributed by atoms with Crippen LogP contribution in [0.25, 0.3) is 0 Å². The maximum absolute atomic E-state index is 5.67. The molecular formula is C12H18N4S2. The fraction of sp³-hybridized carbons (Fsp3) is 0.500. The van der Waals surface area contributed by atoms with Crippen LogP contribution in [-0.4, -0.2) is 52.6 Å². The lowest BCUT2D eigenvalue weighted by molar-refractivity contribution is 0.314. The van der Waals surface area contributed by atoms with Crippen LogP contribution in [0.5, 0.6) is 0 Å². The molecule has 0 atom stereocenters. The summed E-state index contributed by atoms with van der Waals surface area (Å²) in [5.74, 6) is 3.26. The van der Waals surface area contributed by atoms with Gasteiger partial charge >= 0.3 is 0 Å². The first-order valence-corrected chi connectivity index (χ1v) is 7.62. The van der Waals surface area contributed by atoms with Crippen LogP contribution in [0, 0.1) is 0 Å². The van der Waals surface area contributed by atoms with Crippen molar-refractivity contribution in [2.45, 2.75) is 0 Å². The number of nitrogens with zero attached hydrogens (tertiary/aromatic N) is 2. The summed E-state index contributed by atoms with van der Waals surface area (Å²) in [6, 6.07) is 3.75. The summed E-state index contributed by atoms with van der Waals surface area (Å²) in [5.41, 5.74) is 6.49. The molecule has 0 aliphatic carbocycles. The summed E-state index contributed by atoms with van der Waals surface area (Å²) in [7, 11) is 0. The van der Waals surface area contributed by atoms with Gasteiger partial charge in [0, 0.05) is 43.9 Å². The third kappa shape index (κ3) is 3.83. The number of hydrogen-bond donors (Lipinski definition) is 2. The van der Waals surface area contributed by atoms with Gasteiger partial charge in [-0.1, -0.05) is 12.2 Å². The smallest absolute Gasteiger partial charge is 0.136 e. The summed E-state index contributed by atoms with van der Waals surface area (Å²) >= 11 is 7.04. The predicted molar refractivity (Wildman–Crippen MR) is 82.4 cm³/mol. The molecule has 0 unspecified atom stereocenters. The topological polar surface area (TPSA) is 54.2 Å². The quantitative estimate of drug-likeness (QED) is 0.791. The average Bonchev–Trinajstić information content (AvgIpc) is 2.40. The molecule has 2 heterocycles. The van der Waals surface area contributed by atoms with E-state index in [9.17, 15) is 0 Å². The summed E-state index contributed by atoms with van der Waals surface area (Å²) in [4.78, 5) is 7.14. The molecule has 0 bridgehead atoms. The molecule has 4 nitrogen and oxygen atoms in total. The maximum Gasteiger partial charge on any atom is 0.136 e. The highest BCUT2D eigenvalue weighted by Crippen LogP contribution is 2.11. The minimum absolute atomic E-state index is 0.389. The highest BCUT2D eigenvalue weighted by molar-refractivity contribution is 7.99. The Hall–Kier alpha value is -0.850. The van der Waals surface area contributed by atoms with Crippen molar-refractivity contribution in [3.05, 3.63) is 23.9 Å². The summed E-state index contributed by atoms with van der Waals surface area (Å²) in [6.07, 6.45) is 1.75. The molecule has 1 aromatic rings. The van der Waals surface area contributed by atoms with Gasteiger partial charge in [0.05, 0.1) is 5.56 Å². The normalized spacial score (nSPS) is 16.4. The Morgan fingerprint density at radius 1 is 1.50 bits per heavy atom. The van der Waals surface area contributed by atoms with Crippen molar-refractivity contribution in [1.29, 1.82) is 0 Å². The van der Waals surface area contributed by atoms with E-state index < -0.39 is 0 Å². The number of aromatic nitrogens is 1. The molecule has 18 heavy (non-hydrogen) atoms. The van der Waals surface area contributed by atoms with Gasteiger partial charge < -0.3 is 11.1 Å². The molecule has 1 aliphatic heterocycles. The Morgan fingerprint density at radius 2 is 2.28 bits per heavy atom. The fourth-order valence-corrected chi connectivity index (χ4v) is 3.05. The number of nitrogens with two attached hydrogens (primary N) is 1. The molecule has 0 aromatic carbocycles.